The van der Waals surface area contributed by atoms with Crippen LogP contribution in [0.2, 0.25) is 0 Å². The minimum atomic E-state index is 1.03. The number of fused-ring (bicyclic) bond motifs is 6. The first-order valence-electron chi connectivity index (χ1n) is 20.2. The van der Waals surface area contributed by atoms with Crippen molar-refractivity contribution in [2.75, 3.05) is 0 Å². The van der Waals surface area contributed by atoms with Gasteiger partial charge in [-0.15, -0.1) is 0 Å². The van der Waals surface area contributed by atoms with Crippen molar-refractivity contribution in [2.24, 2.45) is 0 Å². The van der Waals surface area contributed by atoms with E-state index >= 15 is 0 Å². The van der Waals surface area contributed by atoms with Gasteiger partial charge in [0.2, 0.25) is 0 Å². The van der Waals surface area contributed by atoms with Gasteiger partial charge in [-0.05, 0) is 92.6 Å². The number of nitrogens with zero attached hydrogens (tertiary/aromatic N) is 3. The third-order valence-corrected chi connectivity index (χ3v) is 10.8. The minimum absolute atomic E-state index is 1.03. The van der Waals surface area contributed by atoms with Crippen LogP contribution in [0.25, 0.3) is 77.5 Å². The van der Waals surface area contributed by atoms with Crippen LogP contribution in [0.4, 0.5) is 0 Å². The van der Waals surface area contributed by atoms with Crippen LogP contribution in [0.5, 0.6) is 0 Å². The van der Waals surface area contributed by atoms with Crippen molar-refractivity contribution >= 4 is 43.6 Å². The van der Waals surface area contributed by atoms with Gasteiger partial charge in [-0.2, -0.15) is 0 Å². The Labute approximate surface area is 346 Å². The molecule has 0 amide bonds. The third kappa shape index (κ3) is 7.67. The van der Waals surface area contributed by atoms with E-state index in [1.54, 1.807) is 0 Å². The van der Waals surface area contributed by atoms with Crippen molar-refractivity contribution in [1.29, 1.82) is 0 Å². The molecular weight excluding hydrogens is 715 g/mol. The highest BCUT2D eigenvalue weighted by molar-refractivity contribution is 6.10. The first kappa shape index (κ1) is 37.1. The van der Waals surface area contributed by atoms with Crippen LogP contribution in [0.3, 0.4) is 0 Å². The standard InChI is InChI=1S/2C19H15N.C18H15N/c1-14-7-6-8-15(13-14)20-18-11-4-2-9-16(18)17-10-3-5-12-19(17)20;1-14-10-12-15(13-11-14)20-18-8-4-2-6-16(18)17-7-3-5-9-19(17)20;1-14-12-17(15-8-4-2-5-9-15)19-18(13-14)16-10-6-3-7-11-16/h2*2-13H,1H3;2-13H,1H3. The second-order valence-corrected chi connectivity index (χ2v) is 15.1. The summed E-state index contributed by atoms with van der Waals surface area (Å²) in [4.78, 5) is 4.77. The molecular formula is C56H45N3. The molecule has 0 aliphatic carbocycles. The number of aryl methyl sites for hydroxylation is 3. The minimum Gasteiger partial charge on any atom is -0.309 e. The van der Waals surface area contributed by atoms with Crippen LogP contribution in [-0.4, -0.2) is 14.1 Å². The molecule has 0 N–H and O–H groups in total. The zero-order valence-electron chi connectivity index (χ0n) is 33.6. The Bertz CT molecular complexity index is 3010. The number of hydrogen-bond donors (Lipinski definition) is 0. The van der Waals surface area contributed by atoms with E-state index in [-0.39, 0.29) is 0 Å². The molecule has 11 aromatic rings. The maximum absolute atomic E-state index is 4.77. The van der Waals surface area contributed by atoms with Gasteiger partial charge in [0, 0.05) is 44.0 Å². The predicted octanol–water partition coefficient (Wildman–Crippen LogP) is 14.9. The maximum atomic E-state index is 4.77. The van der Waals surface area contributed by atoms with Crippen molar-refractivity contribution in [3.8, 4) is 33.9 Å². The SMILES string of the molecule is Cc1cc(-c2ccccc2)nc(-c2ccccc2)c1.Cc1ccc(-n2c3ccccc3c3ccccc32)cc1.Cc1cccc(-n2c3ccccc3c3ccccc32)c1. The molecule has 59 heavy (non-hydrogen) atoms. The highest BCUT2D eigenvalue weighted by Crippen LogP contribution is 2.33. The molecule has 0 radical (unpaired) electrons. The third-order valence-electron chi connectivity index (χ3n) is 10.8. The zero-order chi connectivity index (χ0) is 40.1. The van der Waals surface area contributed by atoms with Gasteiger partial charge in [0.25, 0.3) is 0 Å². The number of pyridine rings is 1. The molecule has 8 aromatic carbocycles. The fourth-order valence-electron chi connectivity index (χ4n) is 8.04. The Morgan fingerprint density at radius 3 is 1.10 bits per heavy atom. The Morgan fingerprint density at radius 1 is 0.288 bits per heavy atom. The molecule has 0 saturated carbocycles. The van der Waals surface area contributed by atoms with E-state index in [4.69, 9.17) is 4.98 Å². The summed E-state index contributed by atoms with van der Waals surface area (Å²) >= 11 is 0. The summed E-state index contributed by atoms with van der Waals surface area (Å²) in [5.41, 5.74) is 15.7. The van der Waals surface area contributed by atoms with E-state index in [1.165, 1.54) is 71.7 Å². The molecule has 0 atom stereocenters. The molecule has 0 saturated heterocycles. The second kappa shape index (κ2) is 16.5. The molecule has 0 fully saturated rings. The molecule has 3 aromatic heterocycles. The average molecular weight is 760 g/mol. The number of hydrogen-bond acceptors (Lipinski definition) is 1. The predicted molar refractivity (Wildman–Crippen MR) is 251 cm³/mol. The summed E-state index contributed by atoms with van der Waals surface area (Å²) < 4.78 is 4.68. The van der Waals surface area contributed by atoms with Gasteiger partial charge in [0.15, 0.2) is 0 Å². The van der Waals surface area contributed by atoms with Crippen molar-refractivity contribution in [3.05, 3.63) is 235 Å². The smallest absolute Gasteiger partial charge is 0.0712 e. The molecule has 0 spiro atoms. The van der Waals surface area contributed by atoms with Crippen LogP contribution in [0.15, 0.2) is 218 Å². The molecule has 0 unspecified atom stereocenters. The lowest BCUT2D eigenvalue weighted by atomic mass is 10.1. The first-order valence-corrected chi connectivity index (χ1v) is 20.2. The normalized spacial score (nSPS) is 11.0. The van der Waals surface area contributed by atoms with E-state index < -0.39 is 0 Å². The fourth-order valence-corrected chi connectivity index (χ4v) is 8.04. The van der Waals surface area contributed by atoms with Gasteiger partial charge in [-0.3, -0.25) is 0 Å². The fraction of sp³-hybridized carbons (Fsp3) is 0.0536. The quantitative estimate of drug-likeness (QED) is 0.175. The van der Waals surface area contributed by atoms with Gasteiger partial charge < -0.3 is 9.13 Å². The lowest BCUT2D eigenvalue weighted by molar-refractivity contribution is 1.17. The van der Waals surface area contributed by atoms with Crippen LogP contribution < -0.4 is 0 Å². The van der Waals surface area contributed by atoms with Crippen LogP contribution in [0.1, 0.15) is 16.7 Å². The summed E-state index contributed by atoms with van der Waals surface area (Å²) in [6, 6.07) is 76.6. The van der Waals surface area contributed by atoms with Crippen molar-refractivity contribution in [1.82, 2.24) is 14.1 Å². The van der Waals surface area contributed by atoms with E-state index in [1.807, 2.05) is 36.4 Å². The van der Waals surface area contributed by atoms with Gasteiger partial charge in [0.05, 0.1) is 33.5 Å². The topological polar surface area (TPSA) is 22.8 Å². The highest BCUT2D eigenvalue weighted by atomic mass is 15.0. The van der Waals surface area contributed by atoms with E-state index in [0.29, 0.717) is 0 Å². The number of para-hydroxylation sites is 4. The lowest BCUT2D eigenvalue weighted by Gasteiger charge is -2.08. The van der Waals surface area contributed by atoms with E-state index in [2.05, 4.69) is 212 Å². The molecule has 0 aliphatic rings. The summed E-state index contributed by atoms with van der Waals surface area (Å²) in [6.07, 6.45) is 0. The van der Waals surface area contributed by atoms with E-state index in [9.17, 15) is 0 Å². The molecule has 3 nitrogen and oxygen atoms in total. The van der Waals surface area contributed by atoms with Gasteiger partial charge in [0.1, 0.15) is 0 Å². The van der Waals surface area contributed by atoms with Crippen LogP contribution >= 0.6 is 0 Å². The average Bonchev–Trinajstić information content (AvgIpc) is 3.81. The summed E-state index contributed by atoms with van der Waals surface area (Å²) in [6.45, 7) is 6.37. The molecule has 0 bridgehead atoms. The second-order valence-electron chi connectivity index (χ2n) is 15.1. The summed E-state index contributed by atoms with van der Waals surface area (Å²) in [5.74, 6) is 0. The Morgan fingerprint density at radius 2 is 0.678 bits per heavy atom. The van der Waals surface area contributed by atoms with Crippen molar-refractivity contribution in [3.63, 3.8) is 0 Å². The lowest BCUT2D eigenvalue weighted by Crippen LogP contribution is -1.93. The van der Waals surface area contributed by atoms with E-state index in [0.717, 1.165) is 22.5 Å². The monoisotopic (exact) mass is 759 g/mol. The summed E-state index contributed by atoms with van der Waals surface area (Å²) in [7, 11) is 0. The number of rotatable bonds is 4. The largest absolute Gasteiger partial charge is 0.309 e. The van der Waals surface area contributed by atoms with Crippen molar-refractivity contribution in [2.45, 2.75) is 20.8 Å². The molecule has 11 rings (SSSR count). The molecule has 3 heteroatoms. The van der Waals surface area contributed by atoms with Gasteiger partial charge in [-0.1, -0.05) is 163 Å². The first-order chi connectivity index (χ1) is 29.0. The van der Waals surface area contributed by atoms with Gasteiger partial charge >= 0.3 is 0 Å². The zero-order valence-corrected chi connectivity index (χ0v) is 33.6. The number of aromatic nitrogens is 3. The maximum Gasteiger partial charge on any atom is 0.0712 e. The van der Waals surface area contributed by atoms with Gasteiger partial charge in [-0.25, -0.2) is 4.98 Å². The molecule has 284 valence electrons. The molecule has 0 aliphatic heterocycles. The highest BCUT2D eigenvalue weighted by Gasteiger charge is 2.12. The number of benzene rings is 8. The van der Waals surface area contributed by atoms with Crippen LogP contribution in [0, 0.1) is 20.8 Å². The van der Waals surface area contributed by atoms with Crippen LogP contribution in [-0.2, 0) is 0 Å². The van der Waals surface area contributed by atoms with Crippen molar-refractivity contribution < 1.29 is 0 Å². The summed E-state index contributed by atoms with van der Waals surface area (Å²) in [5, 5.41) is 5.24. The Kier molecular flexibility index (Phi) is 10.4. The Balaban J connectivity index is 0.000000114. The molecule has 3 heterocycles. The Hall–Kier alpha value is -7.49.